The third-order valence-corrected chi connectivity index (χ3v) is 3.37. The van der Waals surface area contributed by atoms with Gasteiger partial charge in [-0.3, -0.25) is 0 Å². The number of esters is 1. The van der Waals surface area contributed by atoms with Crippen LogP contribution in [0.5, 0.6) is 0 Å². The van der Waals surface area contributed by atoms with Crippen LogP contribution in [0.15, 0.2) is 24.3 Å². The number of imide groups is 1. The molecule has 0 N–H and O–H groups in total. The Balaban J connectivity index is 3.25. The van der Waals surface area contributed by atoms with Gasteiger partial charge in [0.25, 0.3) is 0 Å². The standard InChI is InChI=1S/C21H28ClNO6/c1-8-27-17(24)12-10-14-9-11-16(15(22)13-14)23(18(25)28-20(2,3)4)19(26)29-21(5,6)7/h9-13H,8H2,1-7H3. The van der Waals surface area contributed by atoms with Gasteiger partial charge in [-0.2, -0.15) is 4.90 Å². The zero-order chi connectivity index (χ0) is 22.4. The molecule has 0 saturated carbocycles. The van der Waals surface area contributed by atoms with Crippen molar-refractivity contribution in [3.05, 3.63) is 34.9 Å². The molecule has 29 heavy (non-hydrogen) atoms. The number of anilines is 1. The summed E-state index contributed by atoms with van der Waals surface area (Å²) in [6, 6.07) is 4.58. The SMILES string of the molecule is CCOC(=O)C=Cc1ccc(N(C(=O)OC(C)(C)C)C(=O)OC(C)(C)C)c(Cl)c1. The molecular weight excluding hydrogens is 398 g/mol. The van der Waals surface area contributed by atoms with Crippen molar-refractivity contribution in [1.82, 2.24) is 0 Å². The number of ether oxygens (including phenoxy) is 3. The minimum Gasteiger partial charge on any atom is -0.463 e. The highest BCUT2D eigenvalue weighted by Gasteiger charge is 2.33. The first-order chi connectivity index (χ1) is 13.2. The number of halogens is 1. The van der Waals surface area contributed by atoms with Crippen LogP contribution in [-0.2, 0) is 19.0 Å². The van der Waals surface area contributed by atoms with Crippen molar-refractivity contribution in [2.45, 2.75) is 59.7 Å². The minimum absolute atomic E-state index is 0.100. The average Bonchev–Trinajstić information content (AvgIpc) is 2.52. The van der Waals surface area contributed by atoms with Gasteiger partial charge in [-0.1, -0.05) is 17.7 Å². The van der Waals surface area contributed by atoms with Crippen LogP contribution >= 0.6 is 11.6 Å². The van der Waals surface area contributed by atoms with Crippen LogP contribution in [0.25, 0.3) is 6.08 Å². The van der Waals surface area contributed by atoms with E-state index in [0.29, 0.717) is 5.56 Å². The van der Waals surface area contributed by atoms with Crippen LogP contribution in [0.2, 0.25) is 5.02 Å². The van der Waals surface area contributed by atoms with Gasteiger partial charge in [0.15, 0.2) is 0 Å². The molecule has 0 aliphatic heterocycles. The van der Waals surface area contributed by atoms with Crippen LogP contribution < -0.4 is 4.90 Å². The Kier molecular flexibility index (Phi) is 8.26. The summed E-state index contributed by atoms with van der Waals surface area (Å²) in [7, 11) is 0. The fourth-order valence-electron chi connectivity index (χ4n) is 2.05. The summed E-state index contributed by atoms with van der Waals surface area (Å²) in [5.41, 5.74) is -0.971. The van der Waals surface area contributed by atoms with E-state index in [9.17, 15) is 14.4 Å². The topological polar surface area (TPSA) is 82.1 Å². The summed E-state index contributed by atoms with van der Waals surface area (Å²) in [5, 5.41) is 0.104. The van der Waals surface area contributed by atoms with E-state index in [0.717, 1.165) is 4.90 Å². The lowest BCUT2D eigenvalue weighted by Gasteiger charge is -2.29. The van der Waals surface area contributed by atoms with Crippen molar-refractivity contribution in [2.24, 2.45) is 0 Å². The molecule has 0 unspecified atom stereocenters. The molecule has 0 aliphatic carbocycles. The van der Waals surface area contributed by atoms with E-state index in [-0.39, 0.29) is 17.3 Å². The third-order valence-electron chi connectivity index (χ3n) is 3.06. The highest BCUT2D eigenvalue weighted by atomic mass is 35.5. The van der Waals surface area contributed by atoms with Crippen LogP contribution in [0.1, 0.15) is 54.0 Å². The fourth-order valence-corrected chi connectivity index (χ4v) is 2.32. The first-order valence-electron chi connectivity index (χ1n) is 9.14. The Labute approximate surface area is 176 Å². The maximum Gasteiger partial charge on any atom is 0.424 e. The van der Waals surface area contributed by atoms with Gasteiger partial charge >= 0.3 is 18.2 Å². The molecular formula is C21H28ClNO6. The largest absolute Gasteiger partial charge is 0.463 e. The number of rotatable bonds is 4. The monoisotopic (exact) mass is 425 g/mol. The zero-order valence-corrected chi connectivity index (χ0v) is 18.6. The molecule has 0 radical (unpaired) electrons. The number of nitrogens with zero attached hydrogens (tertiary/aromatic N) is 1. The lowest BCUT2D eigenvalue weighted by Crippen LogP contribution is -2.44. The summed E-state index contributed by atoms with van der Waals surface area (Å²) in [4.78, 5) is 37.6. The van der Waals surface area contributed by atoms with Crippen molar-refractivity contribution in [3.8, 4) is 0 Å². The van der Waals surface area contributed by atoms with Crippen molar-refractivity contribution in [2.75, 3.05) is 11.5 Å². The third kappa shape index (κ3) is 8.56. The van der Waals surface area contributed by atoms with Crippen LogP contribution in [0.4, 0.5) is 15.3 Å². The van der Waals surface area contributed by atoms with Gasteiger partial charge in [0.1, 0.15) is 11.2 Å². The minimum atomic E-state index is -0.913. The van der Waals surface area contributed by atoms with Crippen molar-refractivity contribution >= 4 is 41.5 Å². The second-order valence-electron chi connectivity index (χ2n) is 8.09. The Morgan fingerprint density at radius 3 is 1.93 bits per heavy atom. The van der Waals surface area contributed by atoms with E-state index in [2.05, 4.69) is 0 Å². The van der Waals surface area contributed by atoms with Gasteiger partial charge in [0.2, 0.25) is 0 Å². The lowest BCUT2D eigenvalue weighted by molar-refractivity contribution is -0.137. The summed E-state index contributed by atoms with van der Waals surface area (Å²) in [6.45, 7) is 12.1. The Morgan fingerprint density at radius 2 is 1.52 bits per heavy atom. The number of hydrogen-bond donors (Lipinski definition) is 0. The van der Waals surface area contributed by atoms with E-state index in [4.69, 9.17) is 25.8 Å². The molecule has 7 nitrogen and oxygen atoms in total. The number of carbonyl (C=O) groups is 3. The zero-order valence-electron chi connectivity index (χ0n) is 17.9. The quantitative estimate of drug-likeness (QED) is 0.355. The van der Waals surface area contributed by atoms with Gasteiger partial charge in [-0.15, -0.1) is 0 Å². The Hall–Kier alpha value is -2.54. The molecule has 1 aromatic rings. The predicted molar refractivity (Wildman–Crippen MR) is 112 cm³/mol. The van der Waals surface area contributed by atoms with E-state index < -0.39 is 29.4 Å². The first kappa shape index (κ1) is 24.5. The summed E-state index contributed by atoms with van der Waals surface area (Å²) >= 11 is 6.32. The molecule has 0 spiro atoms. The molecule has 0 aliphatic rings. The molecule has 0 saturated heterocycles. The lowest BCUT2D eigenvalue weighted by atomic mass is 10.1. The second-order valence-corrected chi connectivity index (χ2v) is 8.50. The van der Waals surface area contributed by atoms with Crippen LogP contribution in [0, 0.1) is 0 Å². The molecule has 0 heterocycles. The molecule has 2 amide bonds. The molecule has 1 rings (SSSR count). The van der Waals surface area contributed by atoms with Gasteiger partial charge < -0.3 is 14.2 Å². The predicted octanol–water partition coefficient (Wildman–Crippen LogP) is 5.59. The number of amides is 2. The first-order valence-corrected chi connectivity index (χ1v) is 9.52. The summed E-state index contributed by atoms with van der Waals surface area (Å²) in [6.07, 6.45) is 0.944. The van der Waals surface area contributed by atoms with Crippen molar-refractivity contribution in [1.29, 1.82) is 0 Å². The molecule has 0 aromatic heterocycles. The van der Waals surface area contributed by atoms with Crippen molar-refractivity contribution < 1.29 is 28.6 Å². The smallest absolute Gasteiger partial charge is 0.424 e. The number of carbonyl (C=O) groups excluding carboxylic acids is 3. The molecule has 1 aromatic carbocycles. The highest BCUT2D eigenvalue weighted by Crippen LogP contribution is 2.30. The summed E-state index contributed by atoms with van der Waals surface area (Å²) in [5.74, 6) is -0.489. The van der Waals surface area contributed by atoms with E-state index in [1.54, 1.807) is 54.5 Å². The Morgan fingerprint density at radius 1 is 1.00 bits per heavy atom. The van der Waals surface area contributed by atoms with E-state index in [1.807, 2.05) is 0 Å². The highest BCUT2D eigenvalue weighted by molar-refractivity contribution is 6.35. The molecule has 8 heteroatoms. The average molecular weight is 426 g/mol. The van der Waals surface area contributed by atoms with Gasteiger partial charge in [0.05, 0.1) is 17.3 Å². The van der Waals surface area contributed by atoms with Gasteiger partial charge in [0, 0.05) is 6.08 Å². The normalized spacial score (nSPS) is 11.9. The second kappa shape index (κ2) is 9.78. The van der Waals surface area contributed by atoms with Crippen LogP contribution in [-0.4, -0.2) is 36.0 Å². The van der Waals surface area contributed by atoms with E-state index in [1.165, 1.54) is 24.3 Å². The fraction of sp³-hybridized carbons (Fsp3) is 0.476. The molecule has 0 fully saturated rings. The summed E-state index contributed by atoms with van der Waals surface area (Å²) < 4.78 is 15.5. The van der Waals surface area contributed by atoms with Crippen LogP contribution in [0.3, 0.4) is 0 Å². The molecule has 0 atom stereocenters. The number of benzene rings is 1. The molecule has 0 bridgehead atoms. The van der Waals surface area contributed by atoms with E-state index >= 15 is 0 Å². The maximum absolute atomic E-state index is 12.7. The molecule has 160 valence electrons. The van der Waals surface area contributed by atoms with Gasteiger partial charge in [-0.25, -0.2) is 14.4 Å². The number of hydrogen-bond acceptors (Lipinski definition) is 6. The Bertz CT molecular complexity index is 761. The maximum atomic E-state index is 12.7. The van der Waals surface area contributed by atoms with Gasteiger partial charge in [-0.05, 0) is 72.2 Å². The van der Waals surface area contributed by atoms with Crippen molar-refractivity contribution in [3.63, 3.8) is 0 Å².